The van der Waals surface area contributed by atoms with E-state index >= 15 is 0 Å². The summed E-state index contributed by atoms with van der Waals surface area (Å²) in [7, 11) is 0. The van der Waals surface area contributed by atoms with E-state index < -0.39 is 0 Å². The Balaban J connectivity index is 3.09. The zero-order valence-electron chi connectivity index (χ0n) is 4.29. The van der Waals surface area contributed by atoms with Gasteiger partial charge in [-0.1, -0.05) is 16.7 Å². The Bertz CT molecular complexity index is 194. The Labute approximate surface area is 56.7 Å². The lowest BCUT2D eigenvalue weighted by Gasteiger charge is -1.76. The number of rotatable bonds is 1. The van der Waals surface area contributed by atoms with Gasteiger partial charge in [-0.05, 0) is 18.5 Å². The minimum atomic E-state index is 0.921. The predicted octanol–water partition coefficient (Wildman–Crippen LogP) is 1.19. The molecule has 1 aromatic heterocycles. The van der Waals surface area contributed by atoms with Crippen molar-refractivity contribution in [1.29, 1.82) is 0 Å². The highest BCUT2D eigenvalue weighted by molar-refractivity contribution is 7.79. The van der Waals surface area contributed by atoms with Crippen LogP contribution in [0.1, 0.15) is 10.6 Å². The molecule has 0 aromatic carbocycles. The molecule has 0 fully saturated rings. The lowest BCUT2D eigenvalue weighted by atomic mass is 10.4. The fourth-order valence-electron chi connectivity index (χ4n) is 0.348. The highest BCUT2D eigenvalue weighted by Gasteiger charge is 1.95. The van der Waals surface area contributed by atoms with Gasteiger partial charge in [0, 0.05) is 5.37 Å². The van der Waals surface area contributed by atoms with Gasteiger partial charge >= 0.3 is 0 Å². The molecule has 0 radical (unpaired) electrons. The zero-order valence-corrected chi connectivity index (χ0v) is 5.92. The highest BCUT2D eigenvalue weighted by atomic mass is 32.1. The topological polar surface area (TPSA) is 25.8 Å². The number of nitrogens with zero attached hydrogens (tertiary/aromatic N) is 2. The molecule has 1 aromatic rings. The molecule has 0 aliphatic heterocycles. The molecule has 0 saturated carbocycles. The van der Waals surface area contributed by atoms with Crippen LogP contribution in [-0.2, 0) is 0 Å². The number of hydrogen-bond acceptors (Lipinski definition) is 4. The second-order valence-electron chi connectivity index (χ2n) is 1.34. The van der Waals surface area contributed by atoms with Gasteiger partial charge in [-0.15, -0.1) is 5.10 Å². The lowest BCUT2D eigenvalue weighted by Crippen LogP contribution is -1.75. The van der Waals surface area contributed by atoms with Crippen molar-refractivity contribution < 1.29 is 0 Å². The molecule has 0 aliphatic carbocycles. The van der Waals surface area contributed by atoms with Crippen molar-refractivity contribution >= 4 is 29.1 Å². The van der Waals surface area contributed by atoms with Crippen LogP contribution in [0.5, 0.6) is 0 Å². The lowest BCUT2D eigenvalue weighted by molar-refractivity contribution is 1.09. The van der Waals surface area contributed by atoms with Crippen LogP contribution in [0.2, 0.25) is 0 Å². The Morgan fingerprint density at radius 1 is 1.75 bits per heavy atom. The summed E-state index contributed by atoms with van der Waals surface area (Å²) in [5, 5.41) is 5.36. The molecular formula is C4H4N2S2. The van der Waals surface area contributed by atoms with Gasteiger partial charge in [-0.25, -0.2) is 0 Å². The van der Waals surface area contributed by atoms with Gasteiger partial charge in [-0.3, -0.25) is 0 Å². The molecule has 2 nitrogen and oxygen atoms in total. The van der Waals surface area contributed by atoms with E-state index in [4.69, 9.17) is 0 Å². The third-order valence-corrected chi connectivity index (χ3v) is 1.95. The van der Waals surface area contributed by atoms with Gasteiger partial charge < -0.3 is 0 Å². The van der Waals surface area contributed by atoms with Crippen molar-refractivity contribution in [3.8, 4) is 0 Å². The first kappa shape index (κ1) is 5.78. The van der Waals surface area contributed by atoms with Crippen molar-refractivity contribution in [2.75, 3.05) is 0 Å². The minimum absolute atomic E-state index is 0.921. The van der Waals surface area contributed by atoms with Crippen LogP contribution < -0.4 is 0 Å². The summed E-state index contributed by atoms with van der Waals surface area (Å²) in [5.41, 5.74) is 0.921. The van der Waals surface area contributed by atoms with Crippen LogP contribution >= 0.6 is 23.8 Å². The monoisotopic (exact) mass is 144 g/mol. The third kappa shape index (κ3) is 0.900. The molecule has 8 heavy (non-hydrogen) atoms. The fraction of sp³-hybridized carbons (Fsp3) is 0.250. The van der Waals surface area contributed by atoms with Crippen LogP contribution in [-0.4, -0.2) is 15.0 Å². The van der Waals surface area contributed by atoms with Crippen LogP contribution in [0.15, 0.2) is 0 Å². The molecule has 0 unspecified atom stereocenters. The van der Waals surface area contributed by atoms with Crippen molar-refractivity contribution in [2.45, 2.75) is 6.92 Å². The normalized spacial score (nSPS) is 9.12. The maximum Gasteiger partial charge on any atom is 0.0818 e. The van der Waals surface area contributed by atoms with E-state index in [1.807, 2.05) is 6.92 Å². The number of thiocarbonyl (C=S) groups is 1. The summed E-state index contributed by atoms with van der Waals surface area (Å²) in [6, 6.07) is 0. The average molecular weight is 144 g/mol. The van der Waals surface area contributed by atoms with Gasteiger partial charge in [0.1, 0.15) is 0 Å². The largest absolute Gasteiger partial charge is 0.143 e. The molecule has 0 bridgehead atoms. The highest BCUT2D eigenvalue weighted by Crippen LogP contribution is 2.04. The molecule has 0 N–H and O–H groups in total. The van der Waals surface area contributed by atoms with Crippen LogP contribution in [0.3, 0.4) is 0 Å². The molecule has 0 aliphatic rings. The SMILES string of the molecule is Cc1nnsc1C=S. The molecular weight excluding hydrogens is 140 g/mol. The fourth-order valence-corrected chi connectivity index (χ4v) is 1.11. The zero-order chi connectivity index (χ0) is 5.98. The number of aryl methyl sites for hydroxylation is 1. The summed E-state index contributed by atoms with van der Waals surface area (Å²) >= 11 is 5.99. The Hall–Kier alpha value is -0.350. The quantitative estimate of drug-likeness (QED) is 0.554. The maximum absolute atomic E-state index is 4.67. The first-order chi connectivity index (χ1) is 3.84. The summed E-state index contributed by atoms with van der Waals surface area (Å²) < 4.78 is 3.69. The van der Waals surface area contributed by atoms with E-state index in [9.17, 15) is 0 Å². The molecule has 0 spiro atoms. The van der Waals surface area contributed by atoms with E-state index in [0.717, 1.165) is 10.6 Å². The minimum Gasteiger partial charge on any atom is -0.143 e. The van der Waals surface area contributed by atoms with Gasteiger partial charge in [0.05, 0.1) is 10.6 Å². The van der Waals surface area contributed by atoms with Gasteiger partial charge in [0.2, 0.25) is 0 Å². The first-order valence-electron chi connectivity index (χ1n) is 2.08. The smallest absolute Gasteiger partial charge is 0.0818 e. The van der Waals surface area contributed by atoms with Gasteiger partial charge in [0.15, 0.2) is 0 Å². The molecule has 0 saturated heterocycles. The van der Waals surface area contributed by atoms with Crippen molar-refractivity contribution in [3.05, 3.63) is 10.6 Å². The summed E-state index contributed by atoms with van der Waals surface area (Å²) in [6.45, 7) is 1.89. The summed E-state index contributed by atoms with van der Waals surface area (Å²) in [6.07, 6.45) is 0. The molecule has 0 atom stereocenters. The molecule has 1 rings (SSSR count). The van der Waals surface area contributed by atoms with E-state index in [2.05, 4.69) is 21.8 Å². The Morgan fingerprint density at radius 3 is 2.75 bits per heavy atom. The summed E-state index contributed by atoms with van der Waals surface area (Å²) in [5.74, 6) is 0. The second-order valence-corrected chi connectivity index (χ2v) is 2.36. The Morgan fingerprint density at radius 2 is 2.50 bits per heavy atom. The molecule has 4 heteroatoms. The number of aromatic nitrogens is 2. The van der Waals surface area contributed by atoms with E-state index in [-0.39, 0.29) is 0 Å². The van der Waals surface area contributed by atoms with Crippen molar-refractivity contribution in [3.63, 3.8) is 0 Å². The van der Waals surface area contributed by atoms with Crippen LogP contribution in [0.4, 0.5) is 0 Å². The second kappa shape index (κ2) is 2.28. The molecule has 42 valence electrons. The van der Waals surface area contributed by atoms with E-state index in [0.29, 0.717) is 0 Å². The van der Waals surface area contributed by atoms with Crippen molar-refractivity contribution in [2.24, 2.45) is 0 Å². The first-order valence-corrected chi connectivity index (χ1v) is 3.33. The molecule has 0 amide bonds. The maximum atomic E-state index is 4.67. The molecule has 1 heterocycles. The average Bonchev–Trinajstić information content (AvgIpc) is 2.14. The van der Waals surface area contributed by atoms with Crippen LogP contribution in [0.25, 0.3) is 0 Å². The van der Waals surface area contributed by atoms with Gasteiger partial charge in [0.25, 0.3) is 0 Å². The Kier molecular flexibility index (Phi) is 1.65. The van der Waals surface area contributed by atoms with E-state index in [1.165, 1.54) is 11.5 Å². The summed E-state index contributed by atoms with van der Waals surface area (Å²) in [4.78, 5) is 0.986. The van der Waals surface area contributed by atoms with E-state index in [1.54, 1.807) is 5.37 Å². The number of hydrogen-bond donors (Lipinski definition) is 0. The van der Waals surface area contributed by atoms with Gasteiger partial charge in [-0.2, -0.15) is 0 Å². The standard InChI is InChI=1S/C4H4N2S2/c1-3-4(2-7)8-6-5-3/h2H,1H3. The predicted molar refractivity (Wildman–Crippen MR) is 37.4 cm³/mol. The van der Waals surface area contributed by atoms with Crippen molar-refractivity contribution in [1.82, 2.24) is 9.59 Å². The van der Waals surface area contributed by atoms with Crippen LogP contribution in [0, 0.1) is 6.92 Å². The third-order valence-electron chi connectivity index (χ3n) is 0.794.